The Bertz CT molecular complexity index is 1480. The van der Waals surface area contributed by atoms with Gasteiger partial charge in [-0.05, 0) is 62.3 Å². The van der Waals surface area contributed by atoms with E-state index in [1.807, 2.05) is 49.4 Å². The summed E-state index contributed by atoms with van der Waals surface area (Å²) in [6.07, 6.45) is 5.68. The van der Waals surface area contributed by atoms with Crippen molar-refractivity contribution in [3.63, 3.8) is 0 Å². The van der Waals surface area contributed by atoms with Crippen LogP contribution in [0.3, 0.4) is 0 Å². The summed E-state index contributed by atoms with van der Waals surface area (Å²) in [6, 6.07) is 12.0. The second kappa shape index (κ2) is 18.8. The fraction of sp³-hybridized carbons (Fsp3) is 0.692. The monoisotopic (exact) mass is 715 g/mol. The van der Waals surface area contributed by atoms with Gasteiger partial charge < -0.3 is 25.6 Å². The van der Waals surface area contributed by atoms with Gasteiger partial charge in [-0.1, -0.05) is 94.3 Å². The first kappa shape index (κ1) is 40.2. The number of ether oxygens (including phenoxy) is 1. The highest BCUT2D eigenvalue weighted by Crippen LogP contribution is 2.29. The molecule has 11 heteroatoms. The molecule has 1 saturated heterocycles. The molecule has 1 saturated carbocycles. The molecule has 4 N–H and O–H groups in total. The number of hydrogen-bond donors (Lipinski definition) is 4. The Kier molecular flexibility index (Phi) is 15.1. The molecule has 4 rings (SSSR count). The van der Waals surface area contributed by atoms with E-state index in [4.69, 9.17) is 4.74 Å². The van der Waals surface area contributed by atoms with Crippen molar-refractivity contribution in [1.82, 2.24) is 15.5 Å². The molecule has 1 aliphatic carbocycles. The number of β-amino-alcohol motifs (C(OH)–C–C–N with tert-alkyl or cyclic N) is 1. The van der Waals surface area contributed by atoms with Gasteiger partial charge in [-0.2, -0.15) is 0 Å². The van der Waals surface area contributed by atoms with E-state index < -0.39 is 56.6 Å². The number of carbonyl (C=O) groups excluding carboxylic acids is 2. The number of aliphatic hydroxyl groups excluding tert-OH is 2. The molecule has 2 aliphatic rings. The highest BCUT2D eigenvalue weighted by molar-refractivity contribution is 7.92. The zero-order valence-electron chi connectivity index (χ0n) is 30.6. The van der Waals surface area contributed by atoms with Crippen molar-refractivity contribution in [2.24, 2.45) is 11.8 Å². The lowest BCUT2D eigenvalue weighted by Crippen LogP contribution is -2.57. The van der Waals surface area contributed by atoms with Crippen LogP contribution in [0, 0.1) is 11.8 Å². The van der Waals surface area contributed by atoms with Crippen LogP contribution < -0.4 is 10.6 Å². The summed E-state index contributed by atoms with van der Waals surface area (Å²) in [5.74, 6) is -1.88. The molecule has 1 aliphatic heterocycles. The van der Waals surface area contributed by atoms with Crippen molar-refractivity contribution in [2.75, 3.05) is 38.6 Å². The van der Waals surface area contributed by atoms with Gasteiger partial charge in [-0.3, -0.25) is 14.5 Å². The first-order chi connectivity index (χ1) is 23.8. The van der Waals surface area contributed by atoms with E-state index in [9.17, 15) is 28.2 Å². The predicted octanol–water partition coefficient (Wildman–Crippen LogP) is 4.40. The van der Waals surface area contributed by atoms with Gasteiger partial charge in [0.2, 0.25) is 11.8 Å². The second-order valence-electron chi connectivity index (χ2n) is 15.5. The van der Waals surface area contributed by atoms with E-state index in [-0.39, 0.29) is 18.7 Å². The van der Waals surface area contributed by atoms with Crippen LogP contribution in [-0.2, 0) is 30.6 Å². The number of hydrogen-bond acceptors (Lipinski definition) is 8. The Morgan fingerprint density at radius 1 is 0.960 bits per heavy atom. The minimum absolute atomic E-state index is 0.196. The van der Waals surface area contributed by atoms with Gasteiger partial charge in [0.1, 0.15) is 12.1 Å². The number of amides is 2. The summed E-state index contributed by atoms with van der Waals surface area (Å²) in [5.41, 5.74) is 0.867. The number of nitrogens with one attached hydrogen (secondary N) is 2. The lowest BCUT2D eigenvalue weighted by Gasteiger charge is -2.35. The Morgan fingerprint density at radius 3 is 2.32 bits per heavy atom. The molecule has 50 heavy (non-hydrogen) atoms. The van der Waals surface area contributed by atoms with Crippen LogP contribution in [-0.4, -0.2) is 103 Å². The van der Waals surface area contributed by atoms with Crippen LogP contribution in [0.2, 0.25) is 0 Å². The van der Waals surface area contributed by atoms with Crippen LogP contribution in [0.4, 0.5) is 0 Å². The Labute approximate surface area is 299 Å². The fourth-order valence-corrected chi connectivity index (χ4v) is 8.52. The molecule has 0 radical (unpaired) electrons. The van der Waals surface area contributed by atoms with Gasteiger partial charge >= 0.3 is 0 Å². The van der Waals surface area contributed by atoms with Crippen LogP contribution in [0.1, 0.15) is 91.0 Å². The number of rotatable bonds is 17. The molecule has 0 bridgehead atoms. The van der Waals surface area contributed by atoms with E-state index in [1.54, 1.807) is 20.8 Å². The van der Waals surface area contributed by atoms with Crippen molar-refractivity contribution < 1.29 is 33.0 Å². The molecule has 0 aromatic heterocycles. The van der Waals surface area contributed by atoms with Gasteiger partial charge in [-0.15, -0.1) is 0 Å². The third-order valence-electron chi connectivity index (χ3n) is 10.5. The standard InChI is InChI=1S/C39H61N3O7S/c1-5-6-19-33(38(46)41-34(24-28-13-8-7-9-14-28)36(44)35(43)26-42-20-22-49-23-21-42)40-37(45)31(27-50(47,48)39(2,3)4)25-30-17-12-16-29-15-10-11-18-32(29)30/h10-12,15-18,28,31,33-36,43-44H,5-9,13-14,19-27H2,1-4H3,(H,40,45)(H,41,46)/t31-,33+,34+,35+,36-/m1/s1. The van der Waals surface area contributed by atoms with Gasteiger partial charge in [0, 0.05) is 19.6 Å². The number of aliphatic hydroxyl groups is 2. The minimum Gasteiger partial charge on any atom is -0.389 e. The van der Waals surface area contributed by atoms with E-state index in [2.05, 4.69) is 15.5 Å². The third-order valence-corrected chi connectivity index (χ3v) is 13.3. The number of fused-ring (bicyclic) bond motifs is 1. The number of benzene rings is 2. The van der Waals surface area contributed by atoms with Gasteiger partial charge in [0.25, 0.3) is 0 Å². The Hall–Kier alpha value is -2.57. The average Bonchev–Trinajstić information content (AvgIpc) is 3.09. The number of unbranched alkanes of at least 4 members (excludes halogenated alkanes) is 1. The molecule has 2 aromatic rings. The van der Waals surface area contributed by atoms with Crippen LogP contribution in [0.15, 0.2) is 42.5 Å². The van der Waals surface area contributed by atoms with Crippen molar-refractivity contribution in [2.45, 2.75) is 121 Å². The Balaban J connectivity index is 1.56. The predicted molar refractivity (Wildman–Crippen MR) is 199 cm³/mol. The fourth-order valence-electron chi connectivity index (χ4n) is 7.22. The summed E-state index contributed by atoms with van der Waals surface area (Å²) >= 11 is 0. The van der Waals surface area contributed by atoms with Crippen molar-refractivity contribution in [3.05, 3.63) is 48.0 Å². The molecule has 10 nitrogen and oxygen atoms in total. The number of morpholine rings is 1. The molecule has 2 aromatic carbocycles. The molecule has 0 spiro atoms. The number of sulfone groups is 1. The summed E-state index contributed by atoms with van der Waals surface area (Å²) in [4.78, 5) is 30.3. The van der Waals surface area contributed by atoms with E-state index in [1.165, 1.54) is 6.42 Å². The maximum absolute atomic E-state index is 14.2. The molecular weight excluding hydrogens is 655 g/mol. The summed E-state index contributed by atoms with van der Waals surface area (Å²) in [6.45, 7) is 9.67. The van der Waals surface area contributed by atoms with Crippen molar-refractivity contribution in [1.29, 1.82) is 0 Å². The number of nitrogens with zero attached hydrogens (tertiary/aromatic N) is 1. The Morgan fingerprint density at radius 2 is 1.64 bits per heavy atom. The number of carbonyl (C=O) groups is 2. The molecule has 280 valence electrons. The van der Waals surface area contributed by atoms with Crippen LogP contribution in [0.5, 0.6) is 0 Å². The van der Waals surface area contributed by atoms with Crippen LogP contribution in [0.25, 0.3) is 10.8 Å². The maximum Gasteiger partial charge on any atom is 0.242 e. The molecule has 2 amide bonds. The first-order valence-electron chi connectivity index (χ1n) is 18.7. The zero-order chi connectivity index (χ0) is 36.3. The minimum atomic E-state index is -3.69. The maximum atomic E-state index is 14.2. The van der Waals surface area contributed by atoms with E-state index >= 15 is 0 Å². The largest absolute Gasteiger partial charge is 0.389 e. The van der Waals surface area contributed by atoms with Gasteiger partial charge in [0.05, 0.1) is 41.8 Å². The average molecular weight is 716 g/mol. The lowest BCUT2D eigenvalue weighted by atomic mass is 9.83. The SMILES string of the molecule is CCCC[C@H](NC(=O)[C@H](Cc1cccc2ccccc12)CS(=O)(=O)C(C)(C)C)C(=O)N[C@@H](CC1CCCCC1)[C@@H](O)[C@@H](O)CN1CCOCC1. The van der Waals surface area contributed by atoms with Gasteiger partial charge in [-0.25, -0.2) is 8.42 Å². The molecule has 1 heterocycles. The third kappa shape index (κ3) is 11.5. The van der Waals surface area contributed by atoms with Crippen LogP contribution >= 0.6 is 0 Å². The second-order valence-corrected chi connectivity index (χ2v) is 18.2. The van der Waals surface area contributed by atoms with E-state index in [0.717, 1.165) is 48.4 Å². The molecule has 0 unspecified atom stereocenters. The topological polar surface area (TPSA) is 145 Å². The first-order valence-corrected chi connectivity index (χ1v) is 20.4. The zero-order valence-corrected chi connectivity index (χ0v) is 31.4. The summed E-state index contributed by atoms with van der Waals surface area (Å²) in [5, 5.41) is 30.6. The van der Waals surface area contributed by atoms with Crippen molar-refractivity contribution >= 4 is 32.4 Å². The van der Waals surface area contributed by atoms with E-state index in [0.29, 0.717) is 51.5 Å². The van der Waals surface area contributed by atoms with Gasteiger partial charge in [0.15, 0.2) is 9.84 Å². The quantitative estimate of drug-likeness (QED) is 0.189. The lowest BCUT2D eigenvalue weighted by molar-refractivity contribution is -0.132. The normalized spacial score (nSPS) is 19.7. The van der Waals surface area contributed by atoms with Crippen molar-refractivity contribution in [3.8, 4) is 0 Å². The summed E-state index contributed by atoms with van der Waals surface area (Å²) in [7, 11) is -3.69. The summed E-state index contributed by atoms with van der Waals surface area (Å²) < 4.78 is 31.4. The molecular formula is C39H61N3O7S. The highest BCUT2D eigenvalue weighted by atomic mass is 32.2. The smallest absolute Gasteiger partial charge is 0.242 e. The molecule has 2 fully saturated rings. The highest BCUT2D eigenvalue weighted by Gasteiger charge is 2.37. The molecule has 5 atom stereocenters.